The van der Waals surface area contributed by atoms with Gasteiger partial charge in [-0.25, -0.2) is 4.98 Å². The van der Waals surface area contributed by atoms with Crippen molar-refractivity contribution in [1.82, 2.24) is 9.55 Å². The van der Waals surface area contributed by atoms with Crippen LogP contribution < -0.4 is 5.32 Å². The average molecular weight is 430 g/mol. The number of benzene rings is 3. The van der Waals surface area contributed by atoms with Crippen molar-refractivity contribution in [1.29, 1.82) is 0 Å². The second-order valence-electron chi connectivity index (χ2n) is 7.05. The number of imidazole rings is 1. The lowest BCUT2D eigenvalue weighted by Crippen LogP contribution is -2.19. The van der Waals surface area contributed by atoms with Gasteiger partial charge in [-0.05, 0) is 53.5 Å². The number of hydrogen-bond donors (Lipinski definition) is 1. The predicted octanol–water partition coefficient (Wildman–Crippen LogP) is 6.42. The maximum absolute atomic E-state index is 4.86. The lowest BCUT2D eigenvalue weighted by Gasteiger charge is -2.27. The summed E-state index contributed by atoms with van der Waals surface area (Å²) in [7, 11) is 0. The molecule has 1 aromatic heterocycles. The Morgan fingerprint density at radius 2 is 1.71 bits per heavy atom. The van der Waals surface area contributed by atoms with Crippen LogP contribution in [-0.4, -0.2) is 9.55 Å². The zero-order valence-electron chi connectivity index (χ0n) is 15.6. The van der Waals surface area contributed by atoms with E-state index in [9.17, 15) is 0 Å². The van der Waals surface area contributed by atoms with E-state index in [1.165, 1.54) is 11.1 Å². The van der Waals surface area contributed by atoms with Crippen molar-refractivity contribution in [3.05, 3.63) is 100 Å². The molecule has 3 aromatic carbocycles. The zero-order valence-corrected chi connectivity index (χ0v) is 17.1. The van der Waals surface area contributed by atoms with Gasteiger partial charge in [-0.3, -0.25) is 4.57 Å². The van der Waals surface area contributed by atoms with Crippen molar-refractivity contribution in [3.63, 3.8) is 0 Å². The molecule has 1 unspecified atom stereocenters. The van der Waals surface area contributed by atoms with Crippen molar-refractivity contribution in [2.45, 2.75) is 19.4 Å². The molecule has 5 rings (SSSR count). The van der Waals surface area contributed by atoms with Gasteiger partial charge in [0.1, 0.15) is 0 Å². The van der Waals surface area contributed by atoms with Crippen molar-refractivity contribution >= 4 is 38.6 Å². The van der Waals surface area contributed by atoms with E-state index in [0.717, 1.165) is 39.1 Å². The van der Waals surface area contributed by atoms with Crippen molar-refractivity contribution in [2.24, 2.45) is 0 Å². The predicted molar refractivity (Wildman–Crippen MR) is 119 cm³/mol. The largest absolute Gasteiger partial charge is 0.325 e. The molecule has 1 aliphatic rings. The average Bonchev–Trinajstić information content (AvgIpc) is 3.12. The maximum atomic E-state index is 4.86. The first-order chi connectivity index (χ1) is 13.7. The van der Waals surface area contributed by atoms with Crippen LogP contribution >= 0.6 is 15.9 Å². The Morgan fingerprint density at radius 3 is 2.46 bits per heavy atom. The van der Waals surface area contributed by atoms with Gasteiger partial charge in [0.2, 0.25) is 5.95 Å². The van der Waals surface area contributed by atoms with E-state index < -0.39 is 0 Å². The summed E-state index contributed by atoms with van der Waals surface area (Å²) in [5.41, 5.74) is 6.99. The summed E-state index contributed by atoms with van der Waals surface area (Å²) in [6.45, 7) is 2.19. The topological polar surface area (TPSA) is 29.9 Å². The molecule has 1 aliphatic heterocycles. The zero-order chi connectivity index (χ0) is 19.1. The summed E-state index contributed by atoms with van der Waals surface area (Å²) in [4.78, 5) is 4.86. The van der Waals surface area contributed by atoms with Gasteiger partial charge in [0, 0.05) is 10.2 Å². The summed E-state index contributed by atoms with van der Waals surface area (Å²) >= 11 is 3.52. The summed E-state index contributed by atoms with van der Waals surface area (Å²) in [6, 6.07) is 25.7. The highest BCUT2D eigenvalue weighted by molar-refractivity contribution is 9.10. The molecule has 0 saturated carbocycles. The Labute approximate surface area is 172 Å². The van der Waals surface area contributed by atoms with E-state index in [2.05, 4.69) is 106 Å². The summed E-state index contributed by atoms with van der Waals surface area (Å²) < 4.78 is 3.37. The first-order valence-electron chi connectivity index (χ1n) is 9.53. The molecule has 0 bridgehead atoms. The molecule has 4 heteroatoms. The summed E-state index contributed by atoms with van der Waals surface area (Å²) in [5, 5.41) is 3.54. The molecule has 1 atom stereocenters. The minimum atomic E-state index is 0.0909. The Morgan fingerprint density at radius 1 is 0.964 bits per heavy atom. The minimum Gasteiger partial charge on any atom is -0.325 e. The molecule has 4 aromatic rings. The lowest BCUT2D eigenvalue weighted by atomic mass is 9.99. The van der Waals surface area contributed by atoms with Crippen LogP contribution in [-0.2, 0) is 6.42 Å². The van der Waals surface area contributed by atoms with E-state index in [-0.39, 0.29) is 6.04 Å². The van der Waals surface area contributed by atoms with Gasteiger partial charge in [0.25, 0.3) is 0 Å². The molecule has 0 radical (unpaired) electrons. The van der Waals surface area contributed by atoms with Crippen LogP contribution in [0.25, 0.3) is 16.7 Å². The molecule has 0 fully saturated rings. The fourth-order valence-corrected chi connectivity index (χ4v) is 4.07. The van der Waals surface area contributed by atoms with E-state index in [0.29, 0.717) is 0 Å². The lowest BCUT2D eigenvalue weighted by molar-refractivity contribution is 0.720. The number of nitrogens with zero attached hydrogens (tertiary/aromatic N) is 2. The van der Waals surface area contributed by atoms with E-state index in [1.807, 2.05) is 6.07 Å². The van der Waals surface area contributed by atoms with Crippen LogP contribution in [0.15, 0.2) is 83.3 Å². The standard InChI is InChI=1S/C24H20BrN3/c1-2-16-7-9-18(10-8-16)23-15-21(17-11-13-19(25)14-12-17)27-24-26-20-5-3-4-6-22(20)28(23)24/h3-15,23H,2H2,1H3,(H,26,27). The summed E-state index contributed by atoms with van der Waals surface area (Å²) in [5.74, 6) is 0.881. The fourth-order valence-electron chi connectivity index (χ4n) is 3.80. The molecule has 2 heterocycles. The highest BCUT2D eigenvalue weighted by Gasteiger charge is 2.25. The molecule has 0 aliphatic carbocycles. The summed E-state index contributed by atoms with van der Waals surface area (Å²) in [6.07, 6.45) is 3.34. The third-order valence-electron chi connectivity index (χ3n) is 5.33. The number of anilines is 1. The SMILES string of the molecule is CCc1ccc(C2C=C(c3ccc(Br)cc3)Nc3nc4ccccc4n32)cc1. The molecular formula is C24H20BrN3. The Hall–Kier alpha value is -2.85. The highest BCUT2D eigenvalue weighted by atomic mass is 79.9. The van der Waals surface area contributed by atoms with Crippen molar-refractivity contribution < 1.29 is 0 Å². The van der Waals surface area contributed by atoms with Crippen molar-refractivity contribution in [2.75, 3.05) is 5.32 Å². The molecular weight excluding hydrogens is 410 g/mol. The van der Waals surface area contributed by atoms with Gasteiger partial charge < -0.3 is 5.32 Å². The Kier molecular flexibility index (Phi) is 4.29. The monoisotopic (exact) mass is 429 g/mol. The first kappa shape index (κ1) is 17.3. The third kappa shape index (κ3) is 2.94. The van der Waals surface area contributed by atoms with E-state index in [1.54, 1.807) is 0 Å². The molecule has 0 saturated heterocycles. The number of halogens is 1. The number of fused-ring (bicyclic) bond motifs is 3. The van der Waals surface area contributed by atoms with Crippen LogP contribution in [0.4, 0.5) is 5.95 Å². The van der Waals surface area contributed by atoms with Crippen LogP contribution in [0.3, 0.4) is 0 Å². The van der Waals surface area contributed by atoms with Gasteiger partial charge in [-0.2, -0.15) is 0 Å². The van der Waals surface area contributed by atoms with Gasteiger partial charge in [0.15, 0.2) is 0 Å². The number of nitrogens with one attached hydrogen (secondary N) is 1. The van der Waals surface area contributed by atoms with Gasteiger partial charge >= 0.3 is 0 Å². The van der Waals surface area contributed by atoms with Crippen LogP contribution in [0, 0.1) is 0 Å². The Bertz CT molecular complexity index is 1170. The Balaban J connectivity index is 1.68. The number of aryl methyl sites for hydroxylation is 1. The van der Waals surface area contributed by atoms with Crippen LogP contribution in [0.2, 0.25) is 0 Å². The van der Waals surface area contributed by atoms with Crippen molar-refractivity contribution in [3.8, 4) is 0 Å². The first-order valence-corrected chi connectivity index (χ1v) is 10.3. The number of allylic oxidation sites excluding steroid dienone is 1. The molecule has 138 valence electrons. The smallest absolute Gasteiger partial charge is 0.209 e. The normalized spacial score (nSPS) is 15.8. The maximum Gasteiger partial charge on any atom is 0.209 e. The van der Waals surface area contributed by atoms with Crippen LogP contribution in [0.1, 0.15) is 29.7 Å². The third-order valence-corrected chi connectivity index (χ3v) is 5.86. The number of aromatic nitrogens is 2. The molecule has 3 nitrogen and oxygen atoms in total. The second kappa shape index (κ2) is 6.95. The molecule has 28 heavy (non-hydrogen) atoms. The quantitative estimate of drug-likeness (QED) is 0.407. The van der Waals surface area contributed by atoms with E-state index >= 15 is 0 Å². The number of hydrogen-bond acceptors (Lipinski definition) is 2. The molecule has 0 spiro atoms. The van der Waals surface area contributed by atoms with E-state index in [4.69, 9.17) is 4.98 Å². The van der Waals surface area contributed by atoms with Crippen LogP contribution in [0.5, 0.6) is 0 Å². The fraction of sp³-hybridized carbons (Fsp3) is 0.125. The van der Waals surface area contributed by atoms with Gasteiger partial charge in [0.05, 0.1) is 17.1 Å². The second-order valence-corrected chi connectivity index (χ2v) is 7.96. The van der Waals surface area contributed by atoms with Gasteiger partial charge in [-0.1, -0.05) is 71.4 Å². The number of rotatable bonds is 3. The number of para-hydroxylation sites is 2. The highest BCUT2D eigenvalue weighted by Crippen LogP contribution is 2.37. The van der Waals surface area contributed by atoms with Gasteiger partial charge in [-0.15, -0.1) is 0 Å². The molecule has 1 N–H and O–H groups in total. The minimum absolute atomic E-state index is 0.0909. The molecule has 0 amide bonds.